The highest BCUT2D eigenvalue weighted by atomic mass is 79.9. The minimum absolute atomic E-state index is 0.267. The van der Waals surface area contributed by atoms with Crippen molar-refractivity contribution < 1.29 is 4.79 Å². The molecule has 0 radical (unpaired) electrons. The van der Waals surface area contributed by atoms with Crippen LogP contribution in [-0.4, -0.2) is 5.78 Å². The summed E-state index contributed by atoms with van der Waals surface area (Å²) >= 11 is 15.2. The molecule has 2 nitrogen and oxygen atoms in total. The third-order valence-corrected chi connectivity index (χ3v) is 4.72. The lowest BCUT2D eigenvalue weighted by molar-refractivity contribution is 0.0979. The summed E-state index contributed by atoms with van der Waals surface area (Å²) in [7, 11) is 0. The zero-order valence-electron chi connectivity index (χ0n) is 11.0. The molecule has 0 aliphatic heterocycles. The van der Waals surface area contributed by atoms with Gasteiger partial charge in [0.05, 0.1) is 16.1 Å². The first-order valence-electron chi connectivity index (χ1n) is 6.09. The van der Waals surface area contributed by atoms with Gasteiger partial charge in [-0.1, -0.05) is 57.3 Å². The molecular formula is C16H10BrCl2NO. The van der Waals surface area contributed by atoms with Crippen molar-refractivity contribution in [2.75, 3.05) is 0 Å². The first-order chi connectivity index (χ1) is 9.93. The number of aryl methyl sites for hydroxylation is 1. The van der Waals surface area contributed by atoms with E-state index < -0.39 is 5.92 Å². The van der Waals surface area contributed by atoms with Gasteiger partial charge >= 0.3 is 0 Å². The van der Waals surface area contributed by atoms with Crippen molar-refractivity contribution in [2.24, 2.45) is 0 Å². The number of ketones is 1. The van der Waals surface area contributed by atoms with Crippen LogP contribution in [0.25, 0.3) is 0 Å². The third-order valence-electron chi connectivity index (χ3n) is 3.12. The van der Waals surface area contributed by atoms with Gasteiger partial charge in [0.25, 0.3) is 0 Å². The standard InChI is InChI=1S/C16H10BrCl2NO/c1-9-2-3-11(6-13(9)17)16(21)12(8-20)10-4-5-14(18)15(19)7-10/h2-7,12H,1H3. The van der Waals surface area contributed by atoms with Crippen LogP contribution in [0.2, 0.25) is 10.0 Å². The van der Waals surface area contributed by atoms with E-state index in [2.05, 4.69) is 15.9 Å². The Balaban J connectivity index is 2.41. The highest BCUT2D eigenvalue weighted by Crippen LogP contribution is 2.29. The Labute approximate surface area is 141 Å². The first kappa shape index (κ1) is 16.0. The Morgan fingerprint density at radius 1 is 1.19 bits per heavy atom. The van der Waals surface area contributed by atoms with Gasteiger partial charge in [0.1, 0.15) is 5.92 Å². The van der Waals surface area contributed by atoms with Gasteiger partial charge in [0.2, 0.25) is 0 Å². The normalized spacial score (nSPS) is 11.8. The SMILES string of the molecule is Cc1ccc(C(=O)C(C#N)c2ccc(Cl)c(Cl)c2)cc1Br. The Kier molecular flexibility index (Phi) is 5.05. The van der Waals surface area contributed by atoms with Crippen molar-refractivity contribution in [2.45, 2.75) is 12.8 Å². The average Bonchev–Trinajstić information content (AvgIpc) is 2.46. The molecule has 106 valence electrons. The second-order valence-electron chi connectivity index (χ2n) is 4.56. The van der Waals surface area contributed by atoms with E-state index in [0.29, 0.717) is 21.2 Å². The van der Waals surface area contributed by atoms with E-state index in [0.717, 1.165) is 10.0 Å². The summed E-state index contributed by atoms with van der Waals surface area (Å²) in [5, 5.41) is 10.1. The Morgan fingerprint density at radius 3 is 2.48 bits per heavy atom. The number of halogens is 3. The van der Waals surface area contributed by atoms with Crippen LogP contribution in [0.1, 0.15) is 27.4 Å². The fraction of sp³-hybridized carbons (Fsp3) is 0.125. The van der Waals surface area contributed by atoms with Crippen molar-refractivity contribution in [1.82, 2.24) is 0 Å². The molecule has 0 aliphatic carbocycles. The number of carbonyl (C=O) groups is 1. The Hall–Kier alpha value is -1.34. The van der Waals surface area contributed by atoms with Crippen molar-refractivity contribution in [1.29, 1.82) is 5.26 Å². The van der Waals surface area contributed by atoms with Crippen LogP contribution in [0.5, 0.6) is 0 Å². The van der Waals surface area contributed by atoms with Crippen LogP contribution < -0.4 is 0 Å². The van der Waals surface area contributed by atoms with Gasteiger partial charge in [-0.25, -0.2) is 0 Å². The van der Waals surface area contributed by atoms with E-state index in [1.54, 1.807) is 30.3 Å². The highest BCUT2D eigenvalue weighted by molar-refractivity contribution is 9.10. The van der Waals surface area contributed by atoms with Crippen LogP contribution in [0.3, 0.4) is 0 Å². The summed E-state index contributed by atoms with van der Waals surface area (Å²) in [4.78, 5) is 12.5. The molecular weight excluding hydrogens is 373 g/mol. The molecule has 0 heterocycles. The quantitative estimate of drug-likeness (QED) is 0.652. The smallest absolute Gasteiger partial charge is 0.184 e. The first-order valence-corrected chi connectivity index (χ1v) is 7.64. The number of benzene rings is 2. The number of Topliss-reactive ketones (excluding diaryl/α,β-unsaturated/α-hetero) is 1. The van der Waals surface area contributed by atoms with Crippen LogP contribution in [-0.2, 0) is 0 Å². The van der Waals surface area contributed by atoms with Gasteiger partial charge in [-0.15, -0.1) is 0 Å². The fourth-order valence-electron chi connectivity index (χ4n) is 1.89. The second-order valence-corrected chi connectivity index (χ2v) is 6.23. The zero-order valence-corrected chi connectivity index (χ0v) is 14.1. The van der Waals surface area contributed by atoms with Gasteiger partial charge in [0, 0.05) is 10.0 Å². The van der Waals surface area contributed by atoms with Crippen molar-refractivity contribution in [3.05, 3.63) is 67.6 Å². The molecule has 0 aliphatic rings. The largest absolute Gasteiger partial charge is 0.292 e. The van der Waals surface area contributed by atoms with E-state index >= 15 is 0 Å². The molecule has 0 aromatic heterocycles. The number of nitriles is 1. The lowest BCUT2D eigenvalue weighted by Crippen LogP contribution is -2.11. The lowest BCUT2D eigenvalue weighted by Gasteiger charge is -2.10. The number of carbonyl (C=O) groups excluding carboxylic acids is 1. The Bertz CT molecular complexity index is 752. The molecule has 0 saturated carbocycles. The van der Waals surface area contributed by atoms with Crippen LogP contribution in [0.15, 0.2) is 40.9 Å². The fourth-order valence-corrected chi connectivity index (χ4v) is 2.57. The summed E-state index contributed by atoms with van der Waals surface area (Å²) in [6.45, 7) is 1.93. The second kappa shape index (κ2) is 6.62. The van der Waals surface area contributed by atoms with E-state index in [-0.39, 0.29) is 5.78 Å². The maximum atomic E-state index is 12.5. The minimum Gasteiger partial charge on any atom is -0.292 e. The molecule has 1 atom stereocenters. The number of hydrogen-bond acceptors (Lipinski definition) is 2. The van der Waals surface area contributed by atoms with Gasteiger partial charge in [-0.05, 0) is 36.2 Å². The molecule has 2 aromatic carbocycles. The van der Waals surface area contributed by atoms with E-state index in [1.807, 2.05) is 19.1 Å². The average molecular weight is 383 g/mol. The molecule has 0 fully saturated rings. The molecule has 0 amide bonds. The number of rotatable bonds is 3. The van der Waals surface area contributed by atoms with Crippen LogP contribution in [0.4, 0.5) is 0 Å². The molecule has 2 aromatic rings. The molecule has 1 unspecified atom stereocenters. The summed E-state index contributed by atoms with van der Waals surface area (Å²) in [5.41, 5.74) is 2.04. The summed E-state index contributed by atoms with van der Waals surface area (Å²) in [5.74, 6) is -1.18. The minimum atomic E-state index is -0.908. The van der Waals surface area contributed by atoms with Crippen molar-refractivity contribution in [3.8, 4) is 6.07 Å². The molecule has 5 heteroatoms. The highest BCUT2D eigenvalue weighted by Gasteiger charge is 2.22. The summed E-state index contributed by atoms with van der Waals surface area (Å²) in [6.07, 6.45) is 0. The topological polar surface area (TPSA) is 40.9 Å². The van der Waals surface area contributed by atoms with E-state index in [4.69, 9.17) is 23.2 Å². The molecule has 0 saturated heterocycles. The van der Waals surface area contributed by atoms with E-state index in [1.165, 1.54) is 0 Å². The number of hydrogen-bond donors (Lipinski definition) is 0. The Morgan fingerprint density at radius 2 is 1.90 bits per heavy atom. The predicted molar refractivity (Wildman–Crippen MR) is 88.0 cm³/mol. The van der Waals surface area contributed by atoms with Gasteiger partial charge in [-0.3, -0.25) is 4.79 Å². The molecule has 21 heavy (non-hydrogen) atoms. The third kappa shape index (κ3) is 3.47. The lowest BCUT2D eigenvalue weighted by atomic mass is 9.91. The van der Waals surface area contributed by atoms with Crippen LogP contribution in [0, 0.1) is 18.3 Å². The van der Waals surface area contributed by atoms with Crippen molar-refractivity contribution >= 4 is 44.9 Å². The number of nitrogens with zero attached hydrogens (tertiary/aromatic N) is 1. The van der Waals surface area contributed by atoms with Gasteiger partial charge < -0.3 is 0 Å². The molecule has 0 spiro atoms. The summed E-state index contributed by atoms with van der Waals surface area (Å²) in [6, 6.07) is 12.1. The molecule has 0 N–H and O–H groups in total. The van der Waals surface area contributed by atoms with Crippen molar-refractivity contribution in [3.63, 3.8) is 0 Å². The van der Waals surface area contributed by atoms with Gasteiger partial charge in [0.15, 0.2) is 5.78 Å². The maximum absolute atomic E-state index is 12.5. The predicted octanol–water partition coefficient (Wildman–Crippen LogP) is 5.55. The van der Waals surface area contributed by atoms with Crippen LogP contribution >= 0.6 is 39.1 Å². The molecule has 2 rings (SSSR count). The summed E-state index contributed by atoms with van der Waals surface area (Å²) < 4.78 is 0.833. The maximum Gasteiger partial charge on any atom is 0.184 e. The monoisotopic (exact) mass is 381 g/mol. The van der Waals surface area contributed by atoms with Gasteiger partial charge in [-0.2, -0.15) is 5.26 Å². The molecule has 0 bridgehead atoms. The zero-order chi connectivity index (χ0) is 15.6. The van der Waals surface area contributed by atoms with E-state index in [9.17, 15) is 10.1 Å².